The Hall–Kier alpha value is -0.260. The van der Waals surface area contributed by atoms with E-state index in [0.29, 0.717) is 22.3 Å². The number of halogens is 4. The van der Waals surface area contributed by atoms with Crippen molar-refractivity contribution in [2.45, 2.75) is 6.10 Å². The molecule has 2 rings (SSSR count). The molecule has 0 aliphatic heterocycles. The number of nitrogens with two attached hydrogens (primary N) is 1. The van der Waals surface area contributed by atoms with Crippen LogP contribution in [0.3, 0.4) is 0 Å². The van der Waals surface area contributed by atoms with Gasteiger partial charge in [0.05, 0.1) is 10.0 Å². The van der Waals surface area contributed by atoms with Crippen molar-refractivity contribution in [2.24, 2.45) is 5.73 Å². The number of ether oxygens (including phenoxy) is 1. The van der Waals surface area contributed by atoms with Gasteiger partial charge in [0, 0.05) is 21.6 Å². The minimum absolute atomic E-state index is 0.290. The SMILES string of the molecule is NCC(Oc1cc(Cl)c(Br)cc1Cl)c1cccc(Br)c1. The molecule has 0 aromatic heterocycles. The third-order valence-corrected chi connectivity index (χ3v) is 4.66. The summed E-state index contributed by atoms with van der Waals surface area (Å²) in [6, 6.07) is 11.2. The Labute approximate surface area is 144 Å². The molecule has 1 atom stereocenters. The van der Waals surface area contributed by atoms with Crippen LogP contribution >= 0.6 is 55.1 Å². The molecule has 6 heteroatoms. The molecule has 0 spiro atoms. The molecule has 0 aliphatic rings. The number of benzene rings is 2. The second-order valence-electron chi connectivity index (χ2n) is 4.09. The Balaban J connectivity index is 2.29. The van der Waals surface area contributed by atoms with Crippen LogP contribution in [0.25, 0.3) is 0 Å². The highest BCUT2D eigenvalue weighted by Gasteiger charge is 2.15. The van der Waals surface area contributed by atoms with Gasteiger partial charge in [0.1, 0.15) is 11.9 Å². The monoisotopic (exact) mass is 437 g/mol. The first-order valence-corrected chi connectivity index (χ1v) is 8.12. The summed E-state index contributed by atoms with van der Waals surface area (Å²) in [6.07, 6.45) is -0.290. The van der Waals surface area contributed by atoms with Crippen molar-refractivity contribution in [3.8, 4) is 5.75 Å². The Morgan fingerprint density at radius 2 is 1.85 bits per heavy atom. The van der Waals surface area contributed by atoms with Crippen LogP contribution in [0.4, 0.5) is 0 Å². The van der Waals surface area contributed by atoms with E-state index in [-0.39, 0.29) is 6.10 Å². The van der Waals surface area contributed by atoms with E-state index in [1.807, 2.05) is 24.3 Å². The third kappa shape index (κ3) is 3.89. The van der Waals surface area contributed by atoms with E-state index in [1.54, 1.807) is 12.1 Å². The van der Waals surface area contributed by atoms with Crippen molar-refractivity contribution in [1.29, 1.82) is 0 Å². The maximum atomic E-state index is 6.16. The summed E-state index contributed by atoms with van der Waals surface area (Å²) < 4.78 is 7.58. The highest BCUT2D eigenvalue weighted by molar-refractivity contribution is 9.10. The second kappa shape index (κ2) is 7.14. The third-order valence-electron chi connectivity index (χ3n) is 2.68. The van der Waals surface area contributed by atoms with E-state index < -0.39 is 0 Å². The maximum absolute atomic E-state index is 6.16. The lowest BCUT2D eigenvalue weighted by molar-refractivity contribution is 0.214. The standard InChI is InChI=1S/C14H11Br2Cl2NO/c15-9-3-1-2-8(4-9)14(7-19)20-13-6-11(17)10(16)5-12(13)18/h1-6,14H,7,19H2. The van der Waals surface area contributed by atoms with Crippen LogP contribution in [-0.2, 0) is 0 Å². The molecular weight excluding hydrogens is 429 g/mol. The topological polar surface area (TPSA) is 35.2 Å². The van der Waals surface area contributed by atoms with Crippen LogP contribution in [0.5, 0.6) is 5.75 Å². The zero-order chi connectivity index (χ0) is 14.7. The summed E-state index contributed by atoms with van der Waals surface area (Å²) >= 11 is 19.0. The number of hydrogen-bond donors (Lipinski definition) is 1. The molecule has 0 aliphatic carbocycles. The maximum Gasteiger partial charge on any atom is 0.140 e. The van der Waals surface area contributed by atoms with Gasteiger partial charge in [-0.05, 0) is 39.7 Å². The Kier molecular flexibility index (Phi) is 5.75. The molecule has 0 radical (unpaired) electrons. The fourth-order valence-electron chi connectivity index (χ4n) is 1.71. The van der Waals surface area contributed by atoms with E-state index in [2.05, 4.69) is 31.9 Å². The van der Waals surface area contributed by atoms with Gasteiger partial charge in [-0.1, -0.05) is 51.3 Å². The minimum atomic E-state index is -0.290. The lowest BCUT2D eigenvalue weighted by atomic mass is 10.1. The van der Waals surface area contributed by atoms with Gasteiger partial charge in [-0.15, -0.1) is 0 Å². The van der Waals surface area contributed by atoms with Crippen LogP contribution in [0.15, 0.2) is 45.3 Å². The molecule has 0 heterocycles. The molecule has 2 nitrogen and oxygen atoms in total. The van der Waals surface area contributed by atoms with Crippen molar-refractivity contribution in [3.63, 3.8) is 0 Å². The Bertz CT molecular complexity index is 622. The van der Waals surface area contributed by atoms with E-state index >= 15 is 0 Å². The fraction of sp³-hybridized carbons (Fsp3) is 0.143. The summed E-state index contributed by atoms with van der Waals surface area (Å²) in [5, 5.41) is 1.02. The lowest BCUT2D eigenvalue weighted by Gasteiger charge is -2.19. The summed E-state index contributed by atoms with van der Waals surface area (Å²) in [5.41, 5.74) is 6.76. The van der Waals surface area contributed by atoms with Crippen LogP contribution in [0.1, 0.15) is 11.7 Å². The van der Waals surface area contributed by atoms with Gasteiger partial charge >= 0.3 is 0 Å². The zero-order valence-electron chi connectivity index (χ0n) is 10.2. The van der Waals surface area contributed by atoms with Gasteiger partial charge in [0.15, 0.2) is 0 Å². The molecule has 0 amide bonds. The van der Waals surface area contributed by atoms with Gasteiger partial charge < -0.3 is 10.5 Å². The van der Waals surface area contributed by atoms with E-state index in [4.69, 9.17) is 33.7 Å². The normalized spacial score (nSPS) is 12.2. The quantitative estimate of drug-likeness (QED) is 0.629. The summed E-state index contributed by atoms with van der Waals surface area (Å²) in [5.74, 6) is 0.510. The van der Waals surface area contributed by atoms with Gasteiger partial charge in [-0.3, -0.25) is 0 Å². The molecule has 2 aromatic carbocycles. The van der Waals surface area contributed by atoms with Gasteiger partial charge in [0.25, 0.3) is 0 Å². The smallest absolute Gasteiger partial charge is 0.140 e. The molecule has 1 unspecified atom stereocenters. The Morgan fingerprint density at radius 3 is 2.50 bits per heavy atom. The van der Waals surface area contributed by atoms with Gasteiger partial charge in [-0.25, -0.2) is 0 Å². The van der Waals surface area contributed by atoms with Crippen molar-refractivity contribution in [1.82, 2.24) is 0 Å². The van der Waals surface area contributed by atoms with E-state index in [9.17, 15) is 0 Å². The minimum Gasteiger partial charge on any atom is -0.483 e. The van der Waals surface area contributed by atoms with Crippen molar-refractivity contribution >= 4 is 55.1 Å². The van der Waals surface area contributed by atoms with E-state index in [1.165, 1.54) is 0 Å². The first-order valence-electron chi connectivity index (χ1n) is 5.78. The Morgan fingerprint density at radius 1 is 1.10 bits per heavy atom. The average Bonchev–Trinajstić information content (AvgIpc) is 2.41. The highest BCUT2D eigenvalue weighted by atomic mass is 79.9. The molecule has 2 aromatic rings. The van der Waals surface area contributed by atoms with Gasteiger partial charge in [-0.2, -0.15) is 0 Å². The molecule has 106 valence electrons. The van der Waals surface area contributed by atoms with Crippen molar-refractivity contribution < 1.29 is 4.74 Å². The summed E-state index contributed by atoms with van der Waals surface area (Å²) in [4.78, 5) is 0. The molecule has 0 fully saturated rings. The molecule has 0 saturated carbocycles. The summed E-state index contributed by atoms with van der Waals surface area (Å²) in [7, 11) is 0. The fourth-order valence-corrected chi connectivity index (χ4v) is 2.96. The van der Waals surface area contributed by atoms with E-state index in [0.717, 1.165) is 14.5 Å². The largest absolute Gasteiger partial charge is 0.483 e. The van der Waals surface area contributed by atoms with Crippen LogP contribution < -0.4 is 10.5 Å². The van der Waals surface area contributed by atoms with Crippen LogP contribution in [-0.4, -0.2) is 6.54 Å². The first-order chi connectivity index (χ1) is 9.51. The lowest BCUT2D eigenvalue weighted by Crippen LogP contribution is -2.18. The van der Waals surface area contributed by atoms with Crippen molar-refractivity contribution in [2.75, 3.05) is 6.54 Å². The van der Waals surface area contributed by atoms with Gasteiger partial charge in [0.2, 0.25) is 0 Å². The molecule has 20 heavy (non-hydrogen) atoms. The average molecular weight is 440 g/mol. The molecule has 2 N–H and O–H groups in total. The number of rotatable bonds is 4. The summed E-state index contributed by atoms with van der Waals surface area (Å²) in [6.45, 7) is 0.334. The predicted octanol–water partition coefficient (Wildman–Crippen LogP) is 5.60. The molecular formula is C14H11Br2Cl2NO. The predicted molar refractivity (Wildman–Crippen MR) is 90.7 cm³/mol. The number of hydrogen-bond acceptors (Lipinski definition) is 2. The van der Waals surface area contributed by atoms with Crippen LogP contribution in [0, 0.1) is 0 Å². The van der Waals surface area contributed by atoms with Crippen molar-refractivity contribution in [3.05, 3.63) is 61.0 Å². The second-order valence-corrected chi connectivity index (χ2v) is 6.68. The van der Waals surface area contributed by atoms with Crippen LogP contribution in [0.2, 0.25) is 10.0 Å². The molecule has 0 saturated heterocycles. The molecule has 0 bridgehead atoms. The highest BCUT2D eigenvalue weighted by Crippen LogP contribution is 2.36. The first kappa shape index (κ1) is 16.1. The zero-order valence-corrected chi connectivity index (χ0v) is 14.9.